The quantitative estimate of drug-likeness (QED) is 0.255. The summed E-state index contributed by atoms with van der Waals surface area (Å²) in [5, 5.41) is 0. The smallest absolute Gasteiger partial charge is 0.319 e. The van der Waals surface area contributed by atoms with Crippen LogP contribution in [0.25, 0.3) is 5.57 Å². The zero-order chi connectivity index (χ0) is 25.1. The third-order valence-corrected chi connectivity index (χ3v) is 7.81. The van der Waals surface area contributed by atoms with Crippen LogP contribution in [0.2, 0.25) is 0 Å². The number of hydrogen-bond donors (Lipinski definition) is 0. The molecule has 2 aliphatic heterocycles. The lowest BCUT2D eigenvalue weighted by Gasteiger charge is -2.38. The van der Waals surface area contributed by atoms with Crippen LogP contribution in [0.3, 0.4) is 0 Å². The summed E-state index contributed by atoms with van der Waals surface area (Å²) in [5.41, 5.74) is 3.84. The molecule has 4 atom stereocenters. The number of imide groups is 1. The molecule has 1 aliphatic carbocycles. The fourth-order valence-corrected chi connectivity index (χ4v) is 6.08. The molecule has 1 fully saturated rings. The maximum atomic E-state index is 13.9. The molecule has 2 amide bonds. The molecule has 3 aromatic rings. The van der Waals surface area contributed by atoms with Gasteiger partial charge < -0.3 is 9.47 Å². The van der Waals surface area contributed by atoms with Gasteiger partial charge >= 0.3 is 5.97 Å². The Hall–Kier alpha value is -3.71. The van der Waals surface area contributed by atoms with Gasteiger partial charge in [-0.15, -0.1) is 0 Å². The minimum absolute atomic E-state index is 0.318. The molecule has 0 bridgehead atoms. The van der Waals surface area contributed by atoms with Crippen molar-refractivity contribution < 1.29 is 23.9 Å². The fraction of sp³-hybridized carbons (Fsp3) is 0.207. The van der Waals surface area contributed by atoms with Crippen molar-refractivity contribution in [2.24, 2.45) is 17.8 Å². The van der Waals surface area contributed by atoms with Gasteiger partial charge in [-0.1, -0.05) is 52.3 Å². The van der Waals surface area contributed by atoms with Crippen molar-refractivity contribution in [1.29, 1.82) is 0 Å². The van der Waals surface area contributed by atoms with E-state index in [1.54, 1.807) is 25.3 Å². The molecule has 180 valence electrons. The van der Waals surface area contributed by atoms with E-state index in [1.807, 2.05) is 61.5 Å². The van der Waals surface area contributed by atoms with Crippen molar-refractivity contribution in [3.8, 4) is 11.5 Å². The van der Waals surface area contributed by atoms with E-state index in [4.69, 9.17) is 9.47 Å². The van der Waals surface area contributed by atoms with Gasteiger partial charge in [0.1, 0.15) is 11.5 Å². The monoisotopic (exact) mass is 543 g/mol. The highest BCUT2D eigenvalue weighted by Gasteiger charge is 2.60. The highest BCUT2D eigenvalue weighted by Crippen LogP contribution is 2.54. The molecule has 2 heterocycles. The van der Waals surface area contributed by atoms with E-state index in [0.29, 0.717) is 17.2 Å². The molecule has 0 unspecified atom stereocenters. The topological polar surface area (TPSA) is 72.9 Å². The van der Waals surface area contributed by atoms with Gasteiger partial charge in [-0.3, -0.25) is 14.4 Å². The van der Waals surface area contributed by atoms with Crippen molar-refractivity contribution in [3.63, 3.8) is 0 Å². The number of carbonyl (C=O) groups is 3. The number of esters is 1. The normalized spacial score (nSPS) is 24.5. The number of hydrogen-bond acceptors (Lipinski definition) is 5. The van der Waals surface area contributed by atoms with E-state index in [2.05, 4.69) is 15.9 Å². The number of methoxy groups -OCH3 is 1. The van der Waals surface area contributed by atoms with Gasteiger partial charge in [-0.05, 0) is 60.0 Å². The molecule has 0 aromatic heterocycles. The largest absolute Gasteiger partial charge is 0.497 e. The Morgan fingerprint density at radius 2 is 1.67 bits per heavy atom. The summed E-state index contributed by atoms with van der Waals surface area (Å²) < 4.78 is 11.8. The Labute approximate surface area is 216 Å². The molecule has 3 aromatic carbocycles. The third-order valence-electron chi connectivity index (χ3n) is 7.32. The molecular weight excluding hydrogens is 522 g/mol. The van der Waals surface area contributed by atoms with Crippen LogP contribution >= 0.6 is 15.9 Å². The van der Waals surface area contributed by atoms with E-state index in [1.165, 1.54) is 4.90 Å². The van der Waals surface area contributed by atoms with Gasteiger partial charge in [0, 0.05) is 16.0 Å². The lowest BCUT2D eigenvalue weighted by molar-refractivity contribution is -0.142. The third kappa shape index (κ3) is 3.41. The van der Waals surface area contributed by atoms with Gasteiger partial charge in [0.2, 0.25) is 11.8 Å². The number of fused-ring (bicyclic) bond motifs is 5. The molecule has 0 saturated carbocycles. The van der Waals surface area contributed by atoms with E-state index in [0.717, 1.165) is 26.7 Å². The number of benzene rings is 3. The van der Waals surface area contributed by atoms with Crippen molar-refractivity contribution in [2.45, 2.75) is 12.8 Å². The minimum atomic E-state index is -0.870. The standard InChI is InChI=1S/C29H22BrNO5/c1-15-6-11-20-22-14-21(16-7-9-19(35-2)10-8-16)24-26(25(22)29(34)36-23(20)12-15)28(33)31(27(24)32)18-5-3-4-17(30)13-18/h3-14,21,24-26H,1-2H3/t21-,24-,25-,26-/m0/s1. The second-order valence-corrected chi connectivity index (χ2v) is 10.3. The number of nitrogens with zero attached hydrogens (tertiary/aromatic N) is 1. The fourth-order valence-electron chi connectivity index (χ4n) is 5.69. The van der Waals surface area contributed by atoms with Crippen molar-refractivity contribution in [3.05, 3.63) is 94.0 Å². The maximum Gasteiger partial charge on any atom is 0.319 e. The highest BCUT2D eigenvalue weighted by atomic mass is 79.9. The minimum Gasteiger partial charge on any atom is -0.497 e. The highest BCUT2D eigenvalue weighted by molar-refractivity contribution is 9.10. The number of halogens is 1. The van der Waals surface area contributed by atoms with Crippen molar-refractivity contribution in [1.82, 2.24) is 0 Å². The molecular formula is C29H22BrNO5. The number of anilines is 1. The summed E-state index contributed by atoms with van der Waals surface area (Å²) in [6, 6.07) is 20.3. The summed E-state index contributed by atoms with van der Waals surface area (Å²) in [6.45, 7) is 1.93. The zero-order valence-corrected chi connectivity index (χ0v) is 21.2. The number of carbonyl (C=O) groups excluding carboxylic acids is 3. The summed E-state index contributed by atoms with van der Waals surface area (Å²) in [7, 11) is 1.60. The number of amides is 2. The van der Waals surface area contributed by atoms with Crippen LogP contribution < -0.4 is 14.4 Å². The molecule has 6 nitrogen and oxygen atoms in total. The molecule has 6 rings (SSSR count). The molecule has 1 saturated heterocycles. The maximum absolute atomic E-state index is 13.9. The van der Waals surface area contributed by atoms with E-state index >= 15 is 0 Å². The first-order chi connectivity index (χ1) is 17.4. The summed E-state index contributed by atoms with van der Waals surface area (Å²) in [5.74, 6) is -2.89. The van der Waals surface area contributed by atoms with Crippen LogP contribution in [0.5, 0.6) is 11.5 Å². The predicted octanol–water partition coefficient (Wildman–Crippen LogP) is 5.29. The molecule has 0 spiro atoms. The first-order valence-corrected chi connectivity index (χ1v) is 12.5. The molecule has 0 radical (unpaired) electrons. The van der Waals surface area contributed by atoms with Gasteiger partial charge in [0.25, 0.3) is 0 Å². The number of aryl methyl sites for hydroxylation is 1. The Morgan fingerprint density at radius 3 is 2.39 bits per heavy atom. The van der Waals surface area contributed by atoms with Crippen LogP contribution in [0.1, 0.15) is 22.6 Å². The molecule has 0 N–H and O–H groups in total. The predicted molar refractivity (Wildman–Crippen MR) is 138 cm³/mol. The van der Waals surface area contributed by atoms with Gasteiger partial charge in [-0.2, -0.15) is 0 Å². The van der Waals surface area contributed by atoms with Crippen LogP contribution in [-0.4, -0.2) is 24.9 Å². The lowest BCUT2D eigenvalue weighted by atomic mass is 9.64. The first kappa shape index (κ1) is 22.7. The molecule has 3 aliphatic rings. The van der Waals surface area contributed by atoms with Crippen LogP contribution in [0, 0.1) is 24.7 Å². The van der Waals surface area contributed by atoms with E-state index in [9.17, 15) is 14.4 Å². The van der Waals surface area contributed by atoms with Crippen molar-refractivity contribution in [2.75, 3.05) is 12.0 Å². The second-order valence-electron chi connectivity index (χ2n) is 9.36. The second kappa shape index (κ2) is 8.45. The average Bonchev–Trinajstić information content (AvgIpc) is 3.13. The van der Waals surface area contributed by atoms with Crippen LogP contribution in [0.4, 0.5) is 5.69 Å². The van der Waals surface area contributed by atoms with Crippen LogP contribution in [0.15, 0.2) is 77.3 Å². The lowest BCUT2D eigenvalue weighted by Crippen LogP contribution is -2.42. The van der Waals surface area contributed by atoms with Gasteiger partial charge in [0.05, 0.1) is 30.6 Å². The van der Waals surface area contributed by atoms with Crippen molar-refractivity contribution >= 4 is 45.0 Å². The Morgan fingerprint density at radius 1 is 0.917 bits per heavy atom. The molecule has 36 heavy (non-hydrogen) atoms. The Balaban J connectivity index is 1.54. The van der Waals surface area contributed by atoms with E-state index in [-0.39, 0.29) is 11.8 Å². The number of ether oxygens (including phenoxy) is 2. The summed E-state index contributed by atoms with van der Waals surface area (Å²) in [6.07, 6.45) is 1.98. The summed E-state index contributed by atoms with van der Waals surface area (Å²) in [4.78, 5) is 42.4. The van der Waals surface area contributed by atoms with Crippen LogP contribution in [-0.2, 0) is 14.4 Å². The summed E-state index contributed by atoms with van der Waals surface area (Å²) >= 11 is 3.43. The number of rotatable bonds is 3. The zero-order valence-electron chi connectivity index (χ0n) is 19.6. The van der Waals surface area contributed by atoms with Gasteiger partial charge in [0.15, 0.2) is 0 Å². The number of allylic oxidation sites excluding steroid dienone is 1. The SMILES string of the molecule is COc1ccc([C@@H]2C=C3c4ccc(C)cc4OC(=O)[C@@H]3[C@H]3C(=O)N(c4cccc(Br)c4)C(=O)[C@H]32)cc1. The Kier molecular flexibility index (Phi) is 5.34. The Bertz CT molecular complexity index is 1460. The van der Waals surface area contributed by atoms with E-state index < -0.39 is 29.6 Å². The average molecular weight is 544 g/mol. The van der Waals surface area contributed by atoms with Gasteiger partial charge in [-0.25, -0.2) is 4.90 Å². The first-order valence-electron chi connectivity index (χ1n) is 11.7. The molecule has 7 heteroatoms.